The van der Waals surface area contributed by atoms with E-state index in [0.29, 0.717) is 0 Å². The standard InChI is InChI=1S/C19H18O5/c1-12-17(22)15(11-19(3,18(12)23)24-13(2)20)16(21)10-9-14-7-5-4-6-8-14/h4-11,22H,1-3H3/b10-9+. The van der Waals surface area contributed by atoms with E-state index in [1.165, 1.54) is 32.9 Å². The molecule has 0 aromatic heterocycles. The summed E-state index contributed by atoms with van der Waals surface area (Å²) in [5.74, 6) is -2.09. The average Bonchev–Trinajstić information content (AvgIpc) is 2.54. The van der Waals surface area contributed by atoms with Crippen LogP contribution in [0.3, 0.4) is 0 Å². The number of allylic oxidation sites excluding steroid dienone is 2. The molecular formula is C19H18O5. The third-order valence-corrected chi connectivity index (χ3v) is 3.67. The largest absolute Gasteiger partial charge is 0.507 e. The molecule has 5 heteroatoms. The third kappa shape index (κ3) is 3.51. The van der Waals surface area contributed by atoms with Crippen molar-refractivity contribution in [1.82, 2.24) is 0 Å². The minimum absolute atomic E-state index is 0.0160. The highest BCUT2D eigenvalue weighted by Gasteiger charge is 2.41. The molecule has 0 spiro atoms. The van der Waals surface area contributed by atoms with Gasteiger partial charge in [-0.2, -0.15) is 0 Å². The van der Waals surface area contributed by atoms with E-state index in [4.69, 9.17) is 4.74 Å². The third-order valence-electron chi connectivity index (χ3n) is 3.67. The van der Waals surface area contributed by atoms with Crippen LogP contribution in [0.1, 0.15) is 26.3 Å². The number of rotatable bonds is 4. The Kier molecular flexibility index (Phi) is 4.83. The van der Waals surface area contributed by atoms with Crippen LogP contribution in [0.15, 0.2) is 59.4 Å². The van der Waals surface area contributed by atoms with Gasteiger partial charge in [-0.05, 0) is 31.6 Å². The van der Waals surface area contributed by atoms with Crippen molar-refractivity contribution in [3.8, 4) is 0 Å². The lowest BCUT2D eigenvalue weighted by atomic mass is 9.84. The van der Waals surface area contributed by atoms with Crippen molar-refractivity contribution < 1.29 is 24.2 Å². The molecule has 0 bridgehead atoms. The number of aliphatic hydroxyl groups is 1. The highest BCUT2D eigenvalue weighted by Crippen LogP contribution is 2.31. The highest BCUT2D eigenvalue weighted by molar-refractivity contribution is 6.15. The quantitative estimate of drug-likeness (QED) is 0.679. The van der Waals surface area contributed by atoms with Gasteiger partial charge in [-0.25, -0.2) is 0 Å². The summed E-state index contributed by atoms with van der Waals surface area (Å²) >= 11 is 0. The lowest BCUT2D eigenvalue weighted by Crippen LogP contribution is -2.42. The normalized spacial score (nSPS) is 21.0. The number of hydrogen-bond acceptors (Lipinski definition) is 5. The van der Waals surface area contributed by atoms with Crippen molar-refractivity contribution in [3.63, 3.8) is 0 Å². The maximum Gasteiger partial charge on any atom is 0.303 e. The van der Waals surface area contributed by atoms with Crippen LogP contribution in [0, 0.1) is 0 Å². The molecule has 0 heterocycles. The van der Waals surface area contributed by atoms with Gasteiger partial charge in [0.2, 0.25) is 5.78 Å². The Labute approximate surface area is 139 Å². The molecule has 1 N–H and O–H groups in total. The highest BCUT2D eigenvalue weighted by atomic mass is 16.6. The molecule has 0 fully saturated rings. The van der Waals surface area contributed by atoms with E-state index in [1.807, 2.05) is 30.3 Å². The fourth-order valence-corrected chi connectivity index (χ4v) is 2.48. The Morgan fingerprint density at radius 3 is 2.42 bits per heavy atom. The first-order chi connectivity index (χ1) is 11.2. The first-order valence-corrected chi connectivity index (χ1v) is 7.39. The number of carbonyl (C=O) groups is 3. The van der Waals surface area contributed by atoms with E-state index in [0.717, 1.165) is 5.56 Å². The van der Waals surface area contributed by atoms with Gasteiger partial charge in [0.1, 0.15) is 5.76 Å². The van der Waals surface area contributed by atoms with E-state index < -0.39 is 28.9 Å². The zero-order valence-corrected chi connectivity index (χ0v) is 13.7. The van der Waals surface area contributed by atoms with Gasteiger partial charge in [0.25, 0.3) is 0 Å². The van der Waals surface area contributed by atoms with Gasteiger partial charge >= 0.3 is 5.97 Å². The summed E-state index contributed by atoms with van der Waals surface area (Å²) in [7, 11) is 0. The van der Waals surface area contributed by atoms with Crippen LogP contribution in [0.4, 0.5) is 0 Å². The monoisotopic (exact) mass is 326 g/mol. The molecule has 0 saturated heterocycles. The SMILES string of the molecule is CC(=O)OC1(C)C=C(C(=O)/C=C/c2ccccc2)C(O)=C(C)C1=O. The van der Waals surface area contributed by atoms with Gasteiger partial charge in [0, 0.05) is 12.5 Å². The van der Waals surface area contributed by atoms with Crippen molar-refractivity contribution in [2.75, 3.05) is 0 Å². The van der Waals surface area contributed by atoms with E-state index in [-0.39, 0.29) is 11.1 Å². The molecule has 1 aliphatic carbocycles. The van der Waals surface area contributed by atoms with Gasteiger partial charge in [0.15, 0.2) is 11.4 Å². The van der Waals surface area contributed by atoms with E-state index in [1.54, 1.807) is 6.08 Å². The summed E-state index contributed by atoms with van der Waals surface area (Å²) in [6.45, 7) is 3.96. The van der Waals surface area contributed by atoms with Crippen molar-refractivity contribution in [1.29, 1.82) is 0 Å². The second-order valence-corrected chi connectivity index (χ2v) is 5.67. The number of ketones is 2. The van der Waals surface area contributed by atoms with E-state index >= 15 is 0 Å². The fraction of sp³-hybridized carbons (Fsp3) is 0.211. The molecule has 1 aromatic carbocycles. The van der Waals surface area contributed by atoms with Crippen molar-refractivity contribution in [2.24, 2.45) is 0 Å². The summed E-state index contributed by atoms with van der Waals surface area (Å²) < 4.78 is 5.07. The summed E-state index contributed by atoms with van der Waals surface area (Å²) in [5, 5.41) is 10.1. The van der Waals surface area contributed by atoms with Crippen molar-refractivity contribution in [2.45, 2.75) is 26.4 Å². The number of ether oxygens (including phenoxy) is 1. The molecule has 0 radical (unpaired) electrons. The Bertz CT molecular complexity index is 783. The van der Waals surface area contributed by atoms with Gasteiger partial charge in [0.05, 0.1) is 5.57 Å². The van der Waals surface area contributed by atoms with Crippen LogP contribution in [-0.2, 0) is 19.1 Å². The van der Waals surface area contributed by atoms with Gasteiger partial charge in [-0.1, -0.05) is 36.4 Å². The zero-order chi connectivity index (χ0) is 17.9. The number of esters is 1. The molecule has 0 amide bonds. The van der Waals surface area contributed by atoms with Crippen LogP contribution in [0.2, 0.25) is 0 Å². The minimum Gasteiger partial charge on any atom is -0.507 e. The zero-order valence-electron chi connectivity index (χ0n) is 13.7. The molecule has 1 aromatic rings. The second kappa shape index (κ2) is 6.66. The molecule has 124 valence electrons. The Morgan fingerprint density at radius 1 is 1.21 bits per heavy atom. The topological polar surface area (TPSA) is 80.7 Å². The average molecular weight is 326 g/mol. The Morgan fingerprint density at radius 2 is 1.83 bits per heavy atom. The lowest BCUT2D eigenvalue weighted by molar-refractivity contribution is -0.157. The predicted molar refractivity (Wildman–Crippen MR) is 89.1 cm³/mol. The minimum atomic E-state index is -1.60. The summed E-state index contributed by atoms with van der Waals surface area (Å²) in [5.41, 5.74) is -0.865. The van der Waals surface area contributed by atoms with Crippen LogP contribution < -0.4 is 0 Å². The maximum atomic E-state index is 12.4. The van der Waals surface area contributed by atoms with Crippen LogP contribution >= 0.6 is 0 Å². The Balaban J connectivity index is 2.37. The Hall–Kier alpha value is -2.95. The van der Waals surface area contributed by atoms with Crippen molar-refractivity contribution in [3.05, 3.63) is 65.0 Å². The molecule has 5 nitrogen and oxygen atoms in total. The lowest BCUT2D eigenvalue weighted by Gasteiger charge is -2.29. The van der Waals surface area contributed by atoms with Gasteiger partial charge < -0.3 is 9.84 Å². The fourth-order valence-electron chi connectivity index (χ4n) is 2.48. The first kappa shape index (κ1) is 17.4. The number of hydrogen-bond donors (Lipinski definition) is 1. The molecule has 0 aliphatic heterocycles. The van der Waals surface area contributed by atoms with Crippen LogP contribution in [0.5, 0.6) is 0 Å². The number of Topliss-reactive ketones (excluding diaryl/α,β-unsaturated/α-hetero) is 1. The summed E-state index contributed by atoms with van der Waals surface area (Å²) in [4.78, 5) is 35.9. The maximum absolute atomic E-state index is 12.4. The van der Waals surface area contributed by atoms with Crippen molar-refractivity contribution >= 4 is 23.6 Å². The molecule has 24 heavy (non-hydrogen) atoms. The molecule has 1 unspecified atom stereocenters. The van der Waals surface area contributed by atoms with Gasteiger partial charge in [-0.3, -0.25) is 14.4 Å². The predicted octanol–water partition coefficient (Wildman–Crippen LogP) is 2.93. The van der Waals surface area contributed by atoms with E-state index in [2.05, 4.69) is 0 Å². The second-order valence-electron chi connectivity index (χ2n) is 5.67. The number of carbonyl (C=O) groups excluding carboxylic acids is 3. The number of aliphatic hydroxyl groups excluding tert-OH is 1. The molecule has 1 atom stereocenters. The molecule has 2 rings (SSSR count). The summed E-state index contributed by atoms with van der Waals surface area (Å²) in [6.07, 6.45) is 4.09. The molecule has 1 aliphatic rings. The number of benzene rings is 1. The molecular weight excluding hydrogens is 308 g/mol. The van der Waals surface area contributed by atoms with Crippen LogP contribution in [-0.4, -0.2) is 28.2 Å². The smallest absolute Gasteiger partial charge is 0.303 e. The van der Waals surface area contributed by atoms with Crippen LogP contribution in [0.25, 0.3) is 6.08 Å². The summed E-state index contributed by atoms with van der Waals surface area (Å²) in [6, 6.07) is 9.18. The van der Waals surface area contributed by atoms with E-state index in [9.17, 15) is 19.5 Å². The van der Waals surface area contributed by atoms with Gasteiger partial charge in [-0.15, -0.1) is 0 Å². The first-order valence-electron chi connectivity index (χ1n) is 7.39. The molecule has 0 saturated carbocycles.